The summed E-state index contributed by atoms with van der Waals surface area (Å²) >= 11 is 0. The summed E-state index contributed by atoms with van der Waals surface area (Å²) in [5.41, 5.74) is 0.773. The first-order valence-electron chi connectivity index (χ1n) is 8.76. The number of ketones is 1. The van der Waals surface area contributed by atoms with Crippen molar-refractivity contribution in [1.82, 2.24) is 0 Å². The monoisotopic (exact) mass is 391 g/mol. The molecule has 1 amide bonds. The largest absolute Gasteiger partial charge is 1.00 e. The van der Waals surface area contributed by atoms with Crippen molar-refractivity contribution < 1.29 is 43.5 Å². The summed E-state index contributed by atoms with van der Waals surface area (Å²) in [6.45, 7) is 0. The summed E-state index contributed by atoms with van der Waals surface area (Å²) in [5.74, 6) is -1.58. The van der Waals surface area contributed by atoms with Gasteiger partial charge >= 0.3 is 29.6 Å². The molecule has 5 heteroatoms. The van der Waals surface area contributed by atoms with Crippen molar-refractivity contribution in [2.75, 3.05) is 0 Å². The molecule has 3 nitrogen and oxygen atoms in total. The third kappa shape index (κ3) is 4.46. The van der Waals surface area contributed by atoms with Crippen molar-refractivity contribution in [2.45, 2.75) is 0 Å². The van der Waals surface area contributed by atoms with E-state index in [0.29, 0.717) is 5.56 Å². The predicted molar refractivity (Wildman–Crippen MR) is 108 cm³/mol. The van der Waals surface area contributed by atoms with Crippen LogP contribution in [0.4, 0.5) is 10.1 Å². The van der Waals surface area contributed by atoms with Crippen molar-refractivity contribution in [3.8, 4) is 0 Å². The molecule has 29 heavy (non-hydrogen) atoms. The molecule has 0 heterocycles. The second-order valence-electron chi connectivity index (χ2n) is 6.31. The van der Waals surface area contributed by atoms with Crippen LogP contribution in [0.15, 0.2) is 91.0 Å². The Kier molecular flexibility index (Phi) is 6.60. The van der Waals surface area contributed by atoms with Gasteiger partial charge in [0.1, 0.15) is 5.82 Å². The maximum absolute atomic E-state index is 14.2. The molecule has 0 atom stereocenters. The number of hydrogen-bond acceptors (Lipinski definition) is 2. The van der Waals surface area contributed by atoms with Gasteiger partial charge in [-0.2, -0.15) is 0 Å². The van der Waals surface area contributed by atoms with Gasteiger partial charge in [-0.3, -0.25) is 4.79 Å². The Labute approximate surface area is 189 Å². The molecule has 0 N–H and O–H groups in total. The molecule has 0 unspecified atom stereocenters. The van der Waals surface area contributed by atoms with E-state index in [1.165, 1.54) is 18.2 Å². The first kappa shape index (κ1) is 20.9. The normalized spacial score (nSPS) is 10.2. The second kappa shape index (κ2) is 9.14. The molecule has 136 valence electrons. The molecular weight excluding hydrogens is 376 g/mol. The zero-order chi connectivity index (χ0) is 19.5. The van der Waals surface area contributed by atoms with Crippen molar-refractivity contribution >= 4 is 28.2 Å². The van der Waals surface area contributed by atoms with Gasteiger partial charge in [0.25, 0.3) is 0 Å². The third-order valence-electron chi connectivity index (χ3n) is 4.47. The molecular formula is C24H15FNNaO2. The summed E-state index contributed by atoms with van der Waals surface area (Å²) in [7, 11) is 0. The van der Waals surface area contributed by atoms with Gasteiger partial charge in [0.15, 0.2) is 5.78 Å². The van der Waals surface area contributed by atoms with E-state index in [-0.39, 0.29) is 46.4 Å². The van der Waals surface area contributed by atoms with E-state index in [9.17, 15) is 14.0 Å². The molecule has 0 aliphatic heterocycles. The van der Waals surface area contributed by atoms with E-state index >= 15 is 0 Å². The third-order valence-corrected chi connectivity index (χ3v) is 4.47. The van der Waals surface area contributed by atoms with E-state index in [2.05, 4.69) is 5.32 Å². The van der Waals surface area contributed by atoms with Crippen LogP contribution in [0.1, 0.15) is 26.3 Å². The number of benzene rings is 4. The minimum absolute atomic E-state index is 0. The van der Waals surface area contributed by atoms with E-state index in [0.717, 1.165) is 10.8 Å². The Bertz CT molecular complexity index is 1190. The van der Waals surface area contributed by atoms with Crippen LogP contribution >= 0.6 is 0 Å². The molecule has 0 fully saturated rings. The first-order valence-corrected chi connectivity index (χ1v) is 8.76. The molecule has 4 aromatic carbocycles. The standard InChI is InChI=1S/C24H16FNO2.Na/c25-21-13-7-6-12-19(21)23(27)20-14-17-10-4-5-11-18(17)15-22(20)26-24(28)16-8-2-1-3-9-16;/h1-15H,(H,26,27,28);/q;+1/p-1. The molecule has 0 radical (unpaired) electrons. The van der Waals surface area contributed by atoms with Crippen LogP contribution in [0, 0.1) is 5.82 Å². The number of fused-ring (bicyclic) bond motifs is 1. The van der Waals surface area contributed by atoms with Crippen molar-refractivity contribution in [2.24, 2.45) is 0 Å². The zero-order valence-corrected chi connectivity index (χ0v) is 17.8. The van der Waals surface area contributed by atoms with Gasteiger partial charge in [-0.15, -0.1) is 5.69 Å². The Morgan fingerprint density at radius 1 is 0.690 bits per heavy atom. The summed E-state index contributed by atoms with van der Waals surface area (Å²) < 4.78 is 14.2. The summed E-state index contributed by atoms with van der Waals surface area (Å²) in [5, 5.41) is 5.83. The summed E-state index contributed by atoms with van der Waals surface area (Å²) in [4.78, 5) is 25.6. The zero-order valence-electron chi connectivity index (χ0n) is 15.8. The van der Waals surface area contributed by atoms with Gasteiger partial charge < -0.3 is 10.1 Å². The number of rotatable bonds is 4. The topological polar surface area (TPSA) is 48.2 Å². The van der Waals surface area contributed by atoms with Crippen LogP contribution in [-0.2, 0) is 0 Å². The Morgan fingerprint density at radius 2 is 1.28 bits per heavy atom. The number of amides is 1. The molecule has 0 bridgehead atoms. The minimum Gasteiger partial charge on any atom is -0.622 e. The van der Waals surface area contributed by atoms with E-state index in [1.54, 1.807) is 48.5 Å². The molecule has 4 aromatic rings. The van der Waals surface area contributed by atoms with Crippen LogP contribution in [0.5, 0.6) is 0 Å². The molecule has 0 aliphatic rings. The maximum Gasteiger partial charge on any atom is 1.00 e. The first-order chi connectivity index (χ1) is 13.6. The number of carbonyl (C=O) groups is 2. The fourth-order valence-corrected chi connectivity index (χ4v) is 3.05. The number of hydrogen-bond donors (Lipinski definition) is 0. The molecule has 0 spiro atoms. The Balaban J connectivity index is 0.00000240. The van der Waals surface area contributed by atoms with Gasteiger partial charge in [0.05, 0.1) is 11.5 Å². The van der Waals surface area contributed by atoms with Crippen LogP contribution < -0.4 is 29.6 Å². The SMILES string of the molecule is O=C([N-]c1cc2ccccc2cc1C(=O)c1ccccc1F)c1ccccc1.[Na+]. The molecule has 0 saturated heterocycles. The number of carbonyl (C=O) groups excluding carboxylic acids is 2. The predicted octanol–water partition coefficient (Wildman–Crippen LogP) is 3.06. The van der Waals surface area contributed by atoms with Gasteiger partial charge in [-0.25, -0.2) is 4.39 Å². The van der Waals surface area contributed by atoms with E-state index < -0.39 is 17.5 Å². The smallest absolute Gasteiger partial charge is 0.622 e. The van der Waals surface area contributed by atoms with Gasteiger partial charge in [0, 0.05) is 5.56 Å². The Morgan fingerprint density at radius 3 is 1.97 bits per heavy atom. The van der Waals surface area contributed by atoms with Crippen LogP contribution in [0.25, 0.3) is 16.1 Å². The molecule has 0 saturated carbocycles. The van der Waals surface area contributed by atoms with Crippen LogP contribution in [0.2, 0.25) is 0 Å². The molecule has 4 rings (SSSR count). The quantitative estimate of drug-likeness (QED) is 0.397. The summed E-state index contributed by atoms with van der Waals surface area (Å²) in [6, 6.07) is 25.2. The van der Waals surface area contributed by atoms with Gasteiger partial charge in [0.2, 0.25) is 0 Å². The number of halogens is 1. The second-order valence-corrected chi connectivity index (χ2v) is 6.31. The van der Waals surface area contributed by atoms with Crippen molar-refractivity contribution in [3.63, 3.8) is 0 Å². The van der Waals surface area contributed by atoms with Crippen LogP contribution in [0.3, 0.4) is 0 Å². The maximum atomic E-state index is 14.2. The fraction of sp³-hybridized carbons (Fsp3) is 0. The minimum atomic E-state index is -0.610. The average molecular weight is 391 g/mol. The van der Waals surface area contributed by atoms with Crippen LogP contribution in [-0.4, -0.2) is 11.7 Å². The van der Waals surface area contributed by atoms with Crippen molar-refractivity contribution in [1.29, 1.82) is 0 Å². The average Bonchev–Trinajstić information content (AvgIpc) is 2.74. The van der Waals surface area contributed by atoms with E-state index in [1.807, 2.05) is 24.3 Å². The van der Waals surface area contributed by atoms with E-state index in [4.69, 9.17) is 0 Å². The van der Waals surface area contributed by atoms with Crippen molar-refractivity contribution in [3.05, 3.63) is 119 Å². The molecule has 0 aliphatic carbocycles. The fourth-order valence-electron chi connectivity index (χ4n) is 3.05. The van der Waals surface area contributed by atoms with Gasteiger partial charge in [-0.1, -0.05) is 72.8 Å². The molecule has 0 aromatic heterocycles. The number of nitrogens with zero attached hydrogens (tertiary/aromatic N) is 1. The summed E-state index contributed by atoms with van der Waals surface area (Å²) in [6.07, 6.45) is 0. The van der Waals surface area contributed by atoms with Gasteiger partial charge in [-0.05, 0) is 34.5 Å². The Hall–Kier alpha value is -2.79.